The Morgan fingerprint density at radius 1 is 1.29 bits per heavy atom. The molecule has 1 atom stereocenters. The Balaban J connectivity index is 1.81. The lowest BCUT2D eigenvalue weighted by molar-refractivity contribution is -0.148. The first-order valence-corrected chi connectivity index (χ1v) is 7.49. The van der Waals surface area contributed by atoms with Gasteiger partial charge in [-0.2, -0.15) is 18.3 Å². The fraction of sp³-hybridized carbons (Fsp3) is 0.571. The van der Waals surface area contributed by atoms with Crippen LogP contribution in [0.1, 0.15) is 36.0 Å². The van der Waals surface area contributed by atoms with Crippen molar-refractivity contribution >= 4 is 5.91 Å². The molecule has 0 radical (unpaired) electrons. The smallest absolute Gasteiger partial charge is 0.329 e. The predicted octanol–water partition coefficient (Wildman–Crippen LogP) is 1.71. The topological polar surface area (TPSA) is 68.8 Å². The van der Waals surface area contributed by atoms with Crippen molar-refractivity contribution in [1.82, 2.24) is 29.4 Å². The number of rotatable bonds is 2. The van der Waals surface area contributed by atoms with Crippen molar-refractivity contribution in [2.45, 2.75) is 46.1 Å². The van der Waals surface area contributed by atoms with E-state index in [-0.39, 0.29) is 31.4 Å². The standard InChI is InChI=1S/C14H17F3N6O/c1-8-6-9(2)23(20-8)7-11(24)21-4-5-22-12(10(21)3)18-19-13(22)14(15,16)17/h6,10H,4-5,7H2,1-3H3. The molecule has 1 unspecified atom stereocenters. The van der Waals surface area contributed by atoms with Crippen LogP contribution in [0.4, 0.5) is 13.2 Å². The summed E-state index contributed by atoms with van der Waals surface area (Å²) in [7, 11) is 0. The number of aryl methyl sites for hydroxylation is 2. The van der Waals surface area contributed by atoms with Crippen molar-refractivity contribution in [3.63, 3.8) is 0 Å². The summed E-state index contributed by atoms with van der Waals surface area (Å²) in [5, 5.41) is 11.1. The van der Waals surface area contributed by atoms with Crippen molar-refractivity contribution in [2.24, 2.45) is 0 Å². The lowest BCUT2D eigenvalue weighted by Crippen LogP contribution is -2.43. The minimum atomic E-state index is -4.55. The molecule has 0 fully saturated rings. The molecular formula is C14H17F3N6O. The summed E-state index contributed by atoms with van der Waals surface area (Å²) in [6, 6.07) is 1.28. The van der Waals surface area contributed by atoms with Crippen LogP contribution in [0.25, 0.3) is 0 Å². The molecule has 1 aliphatic heterocycles. The van der Waals surface area contributed by atoms with Crippen LogP contribution in [0.15, 0.2) is 6.07 Å². The molecule has 2 aromatic rings. The van der Waals surface area contributed by atoms with E-state index in [0.717, 1.165) is 16.0 Å². The van der Waals surface area contributed by atoms with Crippen LogP contribution in [0.3, 0.4) is 0 Å². The van der Waals surface area contributed by atoms with E-state index in [9.17, 15) is 18.0 Å². The molecule has 3 rings (SSSR count). The third kappa shape index (κ3) is 2.76. The fourth-order valence-electron chi connectivity index (χ4n) is 2.99. The minimum absolute atomic E-state index is 0.0182. The zero-order chi connectivity index (χ0) is 17.6. The number of fused-ring (bicyclic) bond motifs is 1. The normalized spacial score (nSPS) is 17.9. The van der Waals surface area contributed by atoms with Gasteiger partial charge in [-0.15, -0.1) is 10.2 Å². The molecule has 0 aromatic carbocycles. The average molecular weight is 342 g/mol. The Hall–Kier alpha value is -2.39. The first-order chi connectivity index (χ1) is 11.2. The van der Waals surface area contributed by atoms with Gasteiger partial charge in [-0.25, -0.2) is 0 Å². The maximum Gasteiger partial charge on any atom is 0.451 e. The molecule has 0 saturated carbocycles. The molecule has 2 aromatic heterocycles. The Labute approximate surface area is 136 Å². The van der Waals surface area contributed by atoms with Gasteiger partial charge in [-0.05, 0) is 26.8 Å². The predicted molar refractivity (Wildman–Crippen MR) is 76.9 cm³/mol. The molecule has 10 heteroatoms. The van der Waals surface area contributed by atoms with Crippen molar-refractivity contribution in [1.29, 1.82) is 0 Å². The zero-order valence-corrected chi connectivity index (χ0v) is 13.5. The highest BCUT2D eigenvalue weighted by molar-refractivity contribution is 5.76. The van der Waals surface area contributed by atoms with E-state index in [2.05, 4.69) is 15.3 Å². The Morgan fingerprint density at radius 3 is 2.58 bits per heavy atom. The van der Waals surface area contributed by atoms with Gasteiger partial charge in [-0.1, -0.05) is 0 Å². The van der Waals surface area contributed by atoms with E-state index in [1.165, 1.54) is 4.90 Å². The van der Waals surface area contributed by atoms with Crippen LogP contribution in [-0.4, -0.2) is 41.9 Å². The summed E-state index contributed by atoms with van der Waals surface area (Å²) in [6.45, 7) is 5.57. The van der Waals surface area contributed by atoms with E-state index in [4.69, 9.17) is 0 Å². The highest BCUT2D eigenvalue weighted by atomic mass is 19.4. The molecule has 0 bridgehead atoms. The molecule has 1 aliphatic rings. The highest BCUT2D eigenvalue weighted by Gasteiger charge is 2.41. The van der Waals surface area contributed by atoms with Crippen LogP contribution in [0.2, 0.25) is 0 Å². The van der Waals surface area contributed by atoms with Crippen molar-refractivity contribution in [3.8, 4) is 0 Å². The summed E-state index contributed by atoms with van der Waals surface area (Å²) >= 11 is 0. The van der Waals surface area contributed by atoms with Crippen LogP contribution >= 0.6 is 0 Å². The number of aromatic nitrogens is 5. The van der Waals surface area contributed by atoms with Crippen LogP contribution in [-0.2, 0) is 24.1 Å². The lowest BCUT2D eigenvalue weighted by atomic mass is 10.2. The number of halogens is 3. The second-order valence-corrected chi connectivity index (χ2v) is 5.88. The van der Waals surface area contributed by atoms with Gasteiger partial charge in [-0.3, -0.25) is 9.48 Å². The zero-order valence-electron chi connectivity index (χ0n) is 13.5. The van der Waals surface area contributed by atoms with E-state index in [0.29, 0.717) is 0 Å². The molecule has 0 spiro atoms. The van der Waals surface area contributed by atoms with Gasteiger partial charge in [0.2, 0.25) is 11.7 Å². The van der Waals surface area contributed by atoms with Crippen LogP contribution in [0, 0.1) is 13.8 Å². The van der Waals surface area contributed by atoms with Gasteiger partial charge in [0, 0.05) is 18.8 Å². The van der Waals surface area contributed by atoms with E-state index < -0.39 is 18.0 Å². The number of nitrogens with zero attached hydrogens (tertiary/aromatic N) is 6. The summed E-state index contributed by atoms with van der Waals surface area (Å²) < 4.78 is 41.4. The quantitative estimate of drug-likeness (QED) is 0.833. The summed E-state index contributed by atoms with van der Waals surface area (Å²) in [6.07, 6.45) is -4.55. The lowest BCUT2D eigenvalue weighted by Gasteiger charge is -2.33. The third-order valence-corrected chi connectivity index (χ3v) is 4.15. The minimum Gasteiger partial charge on any atom is -0.329 e. The van der Waals surface area contributed by atoms with Crippen molar-refractivity contribution in [2.75, 3.05) is 6.54 Å². The number of carbonyl (C=O) groups excluding carboxylic acids is 1. The molecule has 3 heterocycles. The van der Waals surface area contributed by atoms with Crippen LogP contribution < -0.4 is 0 Å². The number of amides is 1. The number of alkyl halides is 3. The number of hydrogen-bond donors (Lipinski definition) is 0. The van der Waals surface area contributed by atoms with Crippen molar-refractivity contribution < 1.29 is 18.0 Å². The van der Waals surface area contributed by atoms with Gasteiger partial charge in [0.1, 0.15) is 6.54 Å². The Bertz CT molecular complexity index is 778. The van der Waals surface area contributed by atoms with Gasteiger partial charge < -0.3 is 9.47 Å². The maximum atomic E-state index is 12.9. The highest BCUT2D eigenvalue weighted by Crippen LogP contribution is 2.32. The second kappa shape index (κ2) is 5.60. The average Bonchev–Trinajstić information content (AvgIpc) is 3.03. The first-order valence-electron chi connectivity index (χ1n) is 7.49. The molecular weight excluding hydrogens is 325 g/mol. The van der Waals surface area contributed by atoms with Gasteiger partial charge in [0.25, 0.3) is 0 Å². The fourth-order valence-corrected chi connectivity index (χ4v) is 2.99. The molecule has 0 saturated heterocycles. The van der Waals surface area contributed by atoms with Gasteiger partial charge in [0.05, 0.1) is 11.7 Å². The molecule has 1 amide bonds. The maximum absolute atomic E-state index is 12.9. The van der Waals surface area contributed by atoms with Crippen molar-refractivity contribution in [3.05, 3.63) is 29.1 Å². The second-order valence-electron chi connectivity index (χ2n) is 5.88. The van der Waals surface area contributed by atoms with Crippen LogP contribution in [0.5, 0.6) is 0 Å². The largest absolute Gasteiger partial charge is 0.451 e. The first kappa shape index (κ1) is 16.5. The van der Waals surface area contributed by atoms with E-state index in [1.54, 1.807) is 11.6 Å². The summed E-state index contributed by atoms with van der Waals surface area (Å²) in [4.78, 5) is 14.1. The summed E-state index contributed by atoms with van der Waals surface area (Å²) in [5.74, 6) is -1.08. The summed E-state index contributed by atoms with van der Waals surface area (Å²) in [5.41, 5.74) is 1.66. The SMILES string of the molecule is Cc1cc(C)n(CC(=O)N2CCn3c(nnc3C(F)(F)F)C2C)n1. The number of hydrogen-bond acceptors (Lipinski definition) is 4. The molecule has 0 N–H and O–H groups in total. The number of carbonyl (C=O) groups is 1. The molecule has 7 nitrogen and oxygen atoms in total. The molecule has 24 heavy (non-hydrogen) atoms. The molecule has 130 valence electrons. The van der Waals surface area contributed by atoms with Gasteiger partial charge >= 0.3 is 6.18 Å². The third-order valence-electron chi connectivity index (χ3n) is 4.15. The molecule has 0 aliphatic carbocycles. The Morgan fingerprint density at radius 2 is 2.00 bits per heavy atom. The monoisotopic (exact) mass is 342 g/mol. The van der Waals surface area contributed by atoms with Gasteiger partial charge in [0.15, 0.2) is 5.82 Å². The Kier molecular flexibility index (Phi) is 3.84. The van der Waals surface area contributed by atoms with E-state index in [1.807, 2.05) is 19.9 Å². The van der Waals surface area contributed by atoms with E-state index >= 15 is 0 Å².